The van der Waals surface area contributed by atoms with Gasteiger partial charge in [0, 0.05) is 50.1 Å². The molecule has 0 aromatic heterocycles. The molecule has 1 aliphatic rings. The lowest BCUT2D eigenvalue weighted by Crippen LogP contribution is -2.62. The van der Waals surface area contributed by atoms with E-state index >= 15 is 0 Å². The molecule has 0 amide bonds. The van der Waals surface area contributed by atoms with E-state index in [0.717, 1.165) is 19.5 Å². The summed E-state index contributed by atoms with van der Waals surface area (Å²) < 4.78 is 0. The summed E-state index contributed by atoms with van der Waals surface area (Å²) in [5.74, 6) is 0. The standard InChI is InChI=1S/C18H31N3/c1-7-15-12-19-18(4,8-2)13-21(15)16-10-9-14(3)17(11-16)20(5)6/h9-11,15,19H,7-8,12-13H2,1-6H3. The van der Waals surface area contributed by atoms with E-state index in [1.807, 2.05) is 0 Å². The molecule has 1 fully saturated rings. The van der Waals surface area contributed by atoms with Gasteiger partial charge in [-0.3, -0.25) is 0 Å². The van der Waals surface area contributed by atoms with Crippen molar-refractivity contribution in [1.29, 1.82) is 0 Å². The molecule has 0 aliphatic carbocycles. The molecule has 0 saturated carbocycles. The second kappa shape index (κ2) is 6.27. The van der Waals surface area contributed by atoms with Crippen molar-refractivity contribution in [2.24, 2.45) is 0 Å². The lowest BCUT2D eigenvalue weighted by Gasteiger charge is -2.47. The molecular weight excluding hydrogens is 258 g/mol. The zero-order chi connectivity index (χ0) is 15.6. The maximum atomic E-state index is 3.74. The Kier molecular flexibility index (Phi) is 4.82. The predicted octanol–water partition coefficient (Wildman–Crippen LogP) is 3.42. The third-order valence-electron chi connectivity index (χ3n) is 4.98. The van der Waals surface area contributed by atoms with Crippen molar-refractivity contribution in [2.45, 2.75) is 52.1 Å². The molecule has 1 aliphatic heterocycles. The molecule has 2 rings (SSSR count). The van der Waals surface area contributed by atoms with Crippen LogP contribution in [0.15, 0.2) is 18.2 Å². The fourth-order valence-corrected chi connectivity index (χ4v) is 3.20. The Morgan fingerprint density at radius 2 is 2.05 bits per heavy atom. The topological polar surface area (TPSA) is 18.5 Å². The Morgan fingerprint density at radius 3 is 2.62 bits per heavy atom. The second-order valence-corrected chi connectivity index (χ2v) is 6.85. The van der Waals surface area contributed by atoms with E-state index in [9.17, 15) is 0 Å². The van der Waals surface area contributed by atoms with Gasteiger partial charge in [-0.1, -0.05) is 19.9 Å². The monoisotopic (exact) mass is 289 g/mol. The van der Waals surface area contributed by atoms with Gasteiger partial charge in [0.2, 0.25) is 0 Å². The molecule has 2 unspecified atom stereocenters. The largest absolute Gasteiger partial charge is 0.377 e. The number of anilines is 2. The average Bonchev–Trinajstić information content (AvgIpc) is 2.47. The molecular formula is C18H31N3. The highest BCUT2D eigenvalue weighted by molar-refractivity contribution is 5.63. The SMILES string of the molecule is CCC1CNC(C)(CC)CN1c1ccc(C)c(N(C)C)c1. The van der Waals surface area contributed by atoms with Crippen molar-refractivity contribution < 1.29 is 0 Å². The number of nitrogens with one attached hydrogen (secondary N) is 1. The Labute approximate surface area is 130 Å². The Balaban J connectivity index is 2.34. The first-order valence-corrected chi connectivity index (χ1v) is 8.20. The summed E-state index contributed by atoms with van der Waals surface area (Å²) in [6, 6.07) is 7.47. The minimum absolute atomic E-state index is 0.217. The molecule has 21 heavy (non-hydrogen) atoms. The first-order chi connectivity index (χ1) is 9.90. The zero-order valence-electron chi connectivity index (χ0n) is 14.5. The summed E-state index contributed by atoms with van der Waals surface area (Å²) in [5, 5.41) is 3.74. The van der Waals surface area contributed by atoms with E-state index in [1.165, 1.54) is 23.4 Å². The van der Waals surface area contributed by atoms with Crippen LogP contribution in [0.5, 0.6) is 0 Å². The summed E-state index contributed by atoms with van der Waals surface area (Å²) in [7, 11) is 4.24. The van der Waals surface area contributed by atoms with Crippen LogP contribution in [0, 0.1) is 6.92 Å². The molecule has 3 heteroatoms. The van der Waals surface area contributed by atoms with Crippen LogP contribution in [-0.4, -0.2) is 38.8 Å². The smallest absolute Gasteiger partial charge is 0.0412 e. The van der Waals surface area contributed by atoms with Gasteiger partial charge in [0.25, 0.3) is 0 Å². The highest BCUT2D eigenvalue weighted by Gasteiger charge is 2.34. The van der Waals surface area contributed by atoms with Crippen molar-refractivity contribution >= 4 is 11.4 Å². The van der Waals surface area contributed by atoms with E-state index in [4.69, 9.17) is 0 Å². The highest BCUT2D eigenvalue weighted by Crippen LogP contribution is 2.30. The minimum atomic E-state index is 0.217. The number of aryl methyl sites for hydroxylation is 1. The fraction of sp³-hybridized carbons (Fsp3) is 0.667. The molecule has 3 nitrogen and oxygen atoms in total. The van der Waals surface area contributed by atoms with E-state index in [1.54, 1.807) is 0 Å². The van der Waals surface area contributed by atoms with Crippen LogP contribution in [0.1, 0.15) is 39.2 Å². The Morgan fingerprint density at radius 1 is 1.33 bits per heavy atom. The first-order valence-electron chi connectivity index (χ1n) is 8.20. The second-order valence-electron chi connectivity index (χ2n) is 6.85. The normalized spacial score (nSPS) is 26.0. The Hall–Kier alpha value is -1.22. The van der Waals surface area contributed by atoms with Crippen LogP contribution in [0.3, 0.4) is 0 Å². The van der Waals surface area contributed by atoms with Gasteiger partial charge >= 0.3 is 0 Å². The number of nitrogens with zero attached hydrogens (tertiary/aromatic N) is 2. The van der Waals surface area contributed by atoms with E-state index in [2.05, 4.69) is 75.1 Å². The lowest BCUT2D eigenvalue weighted by molar-refractivity contribution is 0.276. The number of hydrogen-bond donors (Lipinski definition) is 1. The predicted molar refractivity (Wildman–Crippen MR) is 93.6 cm³/mol. The quantitative estimate of drug-likeness (QED) is 0.916. The average molecular weight is 289 g/mol. The summed E-state index contributed by atoms with van der Waals surface area (Å²) in [4.78, 5) is 4.81. The Bertz CT molecular complexity index is 483. The lowest BCUT2D eigenvalue weighted by atomic mass is 9.92. The van der Waals surface area contributed by atoms with Crippen molar-refractivity contribution in [3.63, 3.8) is 0 Å². The van der Waals surface area contributed by atoms with Gasteiger partial charge in [-0.2, -0.15) is 0 Å². The van der Waals surface area contributed by atoms with Crippen LogP contribution in [0.4, 0.5) is 11.4 Å². The maximum Gasteiger partial charge on any atom is 0.0412 e. The van der Waals surface area contributed by atoms with Crippen molar-refractivity contribution in [3.8, 4) is 0 Å². The van der Waals surface area contributed by atoms with Crippen LogP contribution in [0.2, 0.25) is 0 Å². The number of hydrogen-bond acceptors (Lipinski definition) is 3. The van der Waals surface area contributed by atoms with Crippen LogP contribution < -0.4 is 15.1 Å². The molecule has 0 radical (unpaired) electrons. The third-order valence-corrected chi connectivity index (χ3v) is 4.98. The van der Waals surface area contributed by atoms with Crippen LogP contribution in [0.25, 0.3) is 0 Å². The van der Waals surface area contributed by atoms with Gasteiger partial charge in [0.05, 0.1) is 0 Å². The summed E-state index contributed by atoms with van der Waals surface area (Å²) in [6.45, 7) is 11.2. The van der Waals surface area contributed by atoms with Crippen molar-refractivity contribution in [2.75, 3.05) is 37.0 Å². The molecule has 2 atom stereocenters. The zero-order valence-corrected chi connectivity index (χ0v) is 14.5. The summed E-state index contributed by atoms with van der Waals surface area (Å²) in [5.41, 5.74) is 4.23. The van der Waals surface area contributed by atoms with Gasteiger partial charge in [0.15, 0.2) is 0 Å². The first kappa shape index (κ1) is 16.2. The number of benzene rings is 1. The maximum absolute atomic E-state index is 3.74. The van der Waals surface area contributed by atoms with Gasteiger partial charge in [-0.15, -0.1) is 0 Å². The molecule has 1 aromatic rings. The summed E-state index contributed by atoms with van der Waals surface area (Å²) in [6.07, 6.45) is 2.34. The van der Waals surface area contributed by atoms with E-state index in [0.29, 0.717) is 6.04 Å². The fourth-order valence-electron chi connectivity index (χ4n) is 3.20. The number of piperazine rings is 1. The van der Waals surface area contributed by atoms with Gasteiger partial charge in [0.1, 0.15) is 0 Å². The van der Waals surface area contributed by atoms with Crippen LogP contribution >= 0.6 is 0 Å². The van der Waals surface area contributed by atoms with E-state index < -0.39 is 0 Å². The molecule has 0 bridgehead atoms. The third kappa shape index (κ3) is 3.34. The van der Waals surface area contributed by atoms with Crippen molar-refractivity contribution in [1.82, 2.24) is 5.32 Å². The highest BCUT2D eigenvalue weighted by atomic mass is 15.3. The molecule has 118 valence electrons. The molecule has 1 heterocycles. The van der Waals surface area contributed by atoms with Crippen molar-refractivity contribution in [3.05, 3.63) is 23.8 Å². The van der Waals surface area contributed by atoms with Gasteiger partial charge < -0.3 is 15.1 Å². The van der Waals surface area contributed by atoms with E-state index in [-0.39, 0.29) is 5.54 Å². The van der Waals surface area contributed by atoms with Gasteiger partial charge in [-0.25, -0.2) is 0 Å². The molecule has 1 aromatic carbocycles. The minimum Gasteiger partial charge on any atom is -0.377 e. The molecule has 1 N–H and O–H groups in total. The van der Waals surface area contributed by atoms with Crippen LogP contribution in [-0.2, 0) is 0 Å². The van der Waals surface area contributed by atoms with Gasteiger partial charge in [-0.05, 0) is 44.4 Å². The molecule has 1 saturated heterocycles. The summed E-state index contributed by atoms with van der Waals surface area (Å²) >= 11 is 0. The molecule has 0 spiro atoms. The number of rotatable bonds is 4.